The van der Waals surface area contributed by atoms with Crippen LogP contribution in [0.1, 0.15) is 43.7 Å². The molecule has 1 saturated carbocycles. The highest BCUT2D eigenvalue weighted by atomic mass is 16.3. The van der Waals surface area contributed by atoms with E-state index in [9.17, 15) is 10.2 Å². The van der Waals surface area contributed by atoms with Gasteiger partial charge in [-0.15, -0.1) is 0 Å². The molecule has 4 atom stereocenters. The molecule has 2 aliphatic rings. The van der Waals surface area contributed by atoms with Crippen molar-refractivity contribution in [1.29, 1.82) is 0 Å². The summed E-state index contributed by atoms with van der Waals surface area (Å²) in [6, 6.07) is 10.6. The second kappa shape index (κ2) is 4.89. The Kier molecular flexibility index (Phi) is 3.37. The molecule has 0 amide bonds. The molecule has 3 nitrogen and oxygen atoms in total. The summed E-state index contributed by atoms with van der Waals surface area (Å²) >= 11 is 0. The second-order valence-corrected chi connectivity index (χ2v) is 6.10. The first-order chi connectivity index (χ1) is 9.13. The molecule has 2 N–H and O–H groups in total. The number of aliphatic hydroxyl groups excluding tert-OH is 1. The number of piperidine rings is 1. The largest absolute Gasteiger partial charge is 0.390 e. The Morgan fingerprint density at radius 1 is 1.21 bits per heavy atom. The monoisotopic (exact) mass is 261 g/mol. The van der Waals surface area contributed by atoms with Gasteiger partial charge in [0.05, 0.1) is 6.10 Å². The second-order valence-electron chi connectivity index (χ2n) is 6.10. The van der Waals surface area contributed by atoms with Gasteiger partial charge < -0.3 is 10.2 Å². The Morgan fingerprint density at radius 2 is 1.95 bits per heavy atom. The van der Waals surface area contributed by atoms with E-state index in [2.05, 4.69) is 24.1 Å². The van der Waals surface area contributed by atoms with Gasteiger partial charge in [0.2, 0.25) is 0 Å². The van der Waals surface area contributed by atoms with Crippen molar-refractivity contribution in [3.05, 3.63) is 35.9 Å². The fraction of sp³-hybridized carbons (Fsp3) is 0.625. The van der Waals surface area contributed by atoms with Crippen molar-refractivity contribution < 1.29 is 10.2 Å². The minimum Gasteiger partial charge on any atom is -0.390 e. The Hall–Kier alpha value is -0.900. The van der Waals surface area contributed by atoms with E-state index >= 15 is 0 Å². The van der Waals surface area contributed by atoms with Gasteiger partial charge in [0.25, 0.3) is 0 Å². The highest BCUT2D eigenvalue weighted by Gasteiger charge is 2.52. The number of likely N-dealkylation sites (tertiary alicyclic amines) is 1. The molecule has 1 aromatic carbocycles. The predicted molar refractivity (Wildman–Crippen MR) is 74.8 cm³/mol. The number of nitrogens with zero attached hydrogens (tertiary/aromatic N) is 1. The van der Waals surface area contributed by atoms with Gasteiger partial charge in [-0.1, -0.05) is 43.2 Å². The first kappa shape index (κ1) is 13.1. The molecule has 1 saturated heterocycles. The van der Waals surface area contributed by atoms with Crippen molar-refractivity contribution in [2.45, 2.75) is 55.9 Å². The maximum Gasteiger partial charge on any atom is 0.106 e. The van der Waals surface area contributed by atoms with E-state index in [1.807, 2.05) is 18.2 Å². The number of benzene rings is 1. The minimum absolute atomic E-state index is 0.0789. The molecule has 1 aliphatic heterocycles. The summed E-state index contributed by atoms with van der Waals surface area (Å²) in [4.78, 5) is 2.28. The Morgan fingerprint density at radius 3 is 2.68 bits per heavy atom. The lowest BCUT2D eigenvalue weighted by atomic mass is 9.70. The van der Waals surface area contributed by atoms with E-state index in [0.717, 1.165) is 25.7 Å². The number of fused-ring (bicyclic) bond motifs is 1. The lowest BCUT2D eigenvalue weighted by Crippen LogP contribution is -2.64. The summed E-state index contributed by atoms with van der Waals surface area (Å²) in [5.41, 5.74) is 0.329. The van der Waals surface area contributed by atoms with E-state index in [-0.39, 0.29) is 12.1 Å². The number of likely N-dealkylation sites (N-methyl/N-ethyl adjacent to an activating group) is 1. The summed E-state index contributed by atoms with van der Waals surface area (Å²) in [6.45, 7) is 0. The summed E-state index contributed by atoms with van der Waals surface area (Å²) in [6.07, 6.45) is 3.88. The van der Waals surface area contributed by atoms with Crippen molar-refractivity contribution in [3.63, 3.8) is 0 Å². The van der Waals surface area contributed by atoms with Crippen molar-refractivity contribution in [2.24, 2.45) is 0 Å². The van der Waals surface area contributed by atoms with E-state index in [0.29, 0.717) is 6.42 Å². The summed E-state index contributed by atoms with van der Waals surface area (Å²) in [5.74, 6) is 0. The van der Waals surface area contributed by atoms with Crippen molar-refractivity contribution in [2.75, 3.05) is 7.05 Å². The van der Waals surface area contributed by atoms with Crippen molar-refractivity contribution in [3.8, 4) is 0 Å². The third-order valence-electron chi connectivity index (χ3n) is 5.07. The number of hydrogen-bond donors (Lipinski definition) is 2. The van der Waals surface area contributed by atoms with Crippen LogP contribution in [0.15, 0.2) is 30.3 Å². The third-order valence-corrected chi connectivity index (χ3v) is 5.07. The molecule has 4 unspecified atom stereocenters. The lowest BCUT2D eigenvalue weighted by Gasteiger charge is -2.54. The van der Waals surface area contributed by atoms with Gasteiger partial charge in [0.1, 0.15) is 5.60 Å². The van der Waals surface area contributed by atoms with Gasteiger partial charge in [-0.2, -0.15) is 0 Å². The highest BCUT2D eigenvalue weighted by Crippen LogP contribution is 2.44. The average Bonchev–Trinajstić information content (AvgIpc) is 2.44. The van der Waals surface area contributed by atoms with Gasteiger partial charge in [-0.25, -0.2) is 0 Å². The van der Waals surface area contributed by atoms with Crippen LogP contribution in [0.3, 0.4) is 0 Å². The molecular formula is C16H23NO2. The van der Waals surface area contributed by atoms with Crippen LogP contribution in [0.2, 0.25) is 0 Å². The fourth-order valence-electron chi connectivity index (χ4n) is 3.95. The van der Waals surface area contributed by atoms with Crippen LogP contribution in [0.25, 0.3) is 0 Å². The molecule has 3 rings (SSSR count). The molecule has 0 radical (unpaired) electrons. The van der Waals surface area contributed by atoms with E-state index in [1.54, 1.807) is 0 Å². The van der Waals surface area contributed by atoms with Crippen LogP contribution in [0, 0.1) is 0 Å². The van der Waals surface area contributed by atoms with Gasteiger partial charge in [0, 0.05) is 12.1 Å². The van der Waals surface area contributed by atoms with Crippen LogP contribution in [0.4, 0.5) is 0 Å². The van der Waals surface area contributed by atoms with Gasteiger partial charge in [-0.05, 0) is 31.9 Å². The number of hydrogen-bond acceptors (Lipinski definition) is 3. The quantitative estimate of drug-likeness (QED) is 0.813. The lowest BCUT2D eigenvalue weighted by molar-refractivity contribution is -0.183. The predicted octanol–water partition coefficient (Wildman–Crippen LogP) is 2.10. The Balaban J connectivity index is 1.90. The SMILES string of the molecule is CN1C(c2ccccc2)CC(O)C2(O)CCCCC12. The van der Waals surface area contributed by atoms with Crippen LogP contribution in [0.5, 0.6) is 0 Å². The third kappa shape index (κ3) is 2.10. The smallest absolute Gasteiger partial charge is 0.106 e. The molecule has 0 aromatic heterocycles. The molecule has 1 aliphatic carbocycles. The van der Waals surface area contributed by atoms with E-state index in [4.69, 9.17) is 0 Å². The first-order valence-corrected chi connectivity index (χ1v) is 7.30. The summed E-state index contributed by atoms with van der Waals surface area (Å²) in [5, 5.41) is 21.2. The number of aliphatic hydroxyl groups is 2. The molecule has 104 valence electrons. The first-order valence-electron chi connectivity index (χ1n) is 7.30. The van der Waals surface area contributed by atoms with Crippen LogP contribution in [-0.4, -0.2) is 39.9 Å². The molecule has 3 heteroatoms. The maximum absolute atomic E-state index is 10.8. The molecular weight excluding hydrogens is 238 g/mol. The Labute approximate surface area is 114 Å². The average molecular weight is 261 g/mol. The highest BCUT2D eigenvalue weighted by molar-refractivity contribution is 5.22. The van der Waals surface area contributed by atoms with Crippen LogP contribution < -0.4 is 0 Å². The molecule has 0 spiro atoms. The molecule has 19 heavy (non-hydrogen) atoms. The van der Waals surface area contributed by atoms with Crippen molar-refractivity contribution >= 4 is 0 Å². The van der Waals surface area contributed by atoms with Gasteiger partial charge in [0.15, 0.2) is 0 Å². The van der Waals surface area contributed by atoms with Gasteiger partial charge >= 0.3 is 0 Å². The zero-order valence-electron chi connectivity index (χ0n) is 11.5. The molecule has 1 heterocycles. The topological polar surface area (TPSA) is 43.7 Å². The fourth-order valence-corrected chi connectivity index (χ4v) is 3.95. The van der Waals surface area contributed by atoms with Crippen LogP contribution >= 0.6 is 0 Å². The zero-order chi connectivity index (χ0) is 13.5. The molecule has 1 aromatic rings. The standard InChI is InChI=1S/C16H23NO2/c1-17-13(12-7-3-2-4-8-12)11-15(18)16(19)10-6-5-9-14(16)17/h2-4,7-8,13-15,18-19H,5-6,9-11H2,1H3. The normalized spacial score (nSPS) is 39.8. The van der Waals surface area contributed by atoms with Crippen LogP contribution in [-0.2, 0) is 0 Å². The maximum atomic E-state index is 10.8. The molecule has 2 fully saturated rings. The van der Waals surface area contributed by atoms with E-state index < -0.39 is 11.7 Å². The minimum atomic E-state index is -0.904. The van der Waals surface area contributed by atoms with E-state index in [1.165, 1.54) is 5.56 Å². The van der Waals surface area contributed by atoms with Crippen molar-refractivity contribution in [1.82, 2.24) is 4.90 Å². The Bertz CT molecular complexity index is 436. The zero-order valence-corrected chi connectivity index (χ0v) is 11.5. The van der Waals surface area contributed by atoms with Gasteiger partial charge in [-0.3, -0.25) is 4.90 Å². The summed E-state index contributed by atoms with van der Waals surface area (Å²) < 4.78 is 0. The molecule has 0 bridgehead atoms. The summed E-state index contributed by atoms with van der Waals surface area (Å²) in [7, 11) is 2.09. The number of rotatable bonds is 1.